The largest absolute Gasteiger partial charge is 0.366 e. The molecule has 16 heavy (non-hydrogen) atoms. The highest BCUT2D eigenvalue weighted by Gasteiger charge is 2.38. The van der Waals surface area contributed by atoms with E-state index in [1.165, 1.54) is 0 Å². The third-order valence-corrected chi connectivity index (χ3v) is 3.37. The monoisotopic (exact) mass is 248 g/mol. The van der Waals surface area contributed by atoms with Crippen molar-refractivity contribution in [3.63, 3.8) is 0 Å². The Morgan fingerprint density at radius 2 is 2.25 bits per heavy atom. The lowest BCUT2D eigenvalue weighted by Gasteiger charge is -2.35. The van der Waals surface area contributed by atoms with Crippen LogP contribution in [0, 0.1) is 0 Å². The van der Waals surface area contributed by atoms with Crippen molar-refractivity contribution in [2.75, 3.05) is 26.2 Å². The highest BCUT2D eigenvalue weighted by Crippen LogP contribution is 2.29. The van der Waals surface area contributed by atoms with Crippen LogP contribution in [0.15, 0.2) is 0 Å². The van der Waals surface area contributed by atoms with Crippen molar-refractivity contribution in [3.05, 3.63) is 0 Å². The zero-order valence-corrected chi connectivity index (χ0v) is 10.8. The molecule has 1 atom stereocenters. The zero-order valence-electron chi connectivity index (χ0n) is 9.99. The van der Waals surface area contributed by atoms with Crippen molar-refractivity contribution in [1.82, 2.24) is 10.2 Å². The highest BCUT2D eigenvalue weighted by atomic mass is 35.5. The average Bonchev–Trinajstić information content (AvgIpc) is 2.58. The second-order valence-electron chi connectivity index (χ2n) is 4.97. The van der Waals surface area contributed by atoms with Crippen molar-refractivity contribution in [3.8, 4) is 0 Å². The minimum Gasteiger partial charge on any atom is -0.366 e. The number of nitrogens with one attached hydrogen (secondary N) is 1. The summed E-state index contributed by atoms with van der Waals surface area (Å²) in [5.41, 5.74) is 0.0118. The predicted molar refractivity (Wildman–Crippen MR) is 64.9 cm³/mol. The van der Waals surface area contributed by atoms with Gasteiger partial charge in [0.1, 0.15) is 6.10 Å². The molecule has 5 heteroatoms. The Hall–Kier alpha value is -0.320. The molecule has 0 spiro atoms. The molecule has 2 rings (SSSR count). The highest BCUT2D eigenvalue weighted by molar-refractivity contribution is 5.85. The molecule has 0 radical (unpaired) electrons. The molecule has 4 nitrogen and oxygen atoms in total. The SMILES string of the molecule is CC1(C)CCCN1C(=O)C1CNCCO1.Cl. The molecule has 0 saturated carbocycles. The standard InChI is InChI=1S/C11H20N2O2.ClH/c1-11(2)4-3-6-13(11)10(14)9-8-12-5-7-15-9;/h9,12H,3-8H2,1-2H3;1H. The Morgan fingerprint density at radius 3 is 2.75 bits per heavy atom. The number of halogens is 1. The van der Waals surface area contributed by atoms with Crippen LogP contribution < -0.4 is 5.32 Å². The summed E-state index contributed by atoms with van der Waals surface area (Å²) in [6.07, 6.45) is 1.94. The summed E-state index contributed by atoms with van der Waals surface area (Å²) in [5, 5.41) is 3.19. The molecular formula is C11H21ClN2O2. The smallest absolute Gasteiger partial charge is 0.253 e. The average molecular weight is 249 g/mol. The number of morpholine rings is 1. The first kappa shape index (κ1) is 13.7. The molecule has 2 heterocycles. The van der Waals surface area contributed by atoms with E-state index < -0.39 is 0 Å². The van der Waals surface area contributed by atoms with Crippen LogP contribution in [0.3, 0.4) is 0 Å². The number of hydrogen-bond donors (Lipinski definition) is 1. The molecule has 0 aromatic carbocycles. The fraction of sp³-hybridized carbons (Fsp3) is 0.909. The maximum Gasteiger partial charge on any atom is 0.253 e. The van der Waals surface area contributed by atoms with Crippen LogP contribution in [0.4, 0.5) is 0 Å². The Balaban J connectivity index is 0.00000128. The van der Waals surface area contributed by atoms with Gasteiger partial charge in [0.2, 0.25) is 0 Å². The minimum atomic E-state index is -0.267. The van der Waals surface area contributed by atoms with Gasteiger partial charge >= 0.3 is 0 Å². The van der Waals surface area contributed by atoms with E-state index in [4.69, 9.17) is 4.74 Å². The predicted octanol–water partition coefficient (Wildman–Crippen LogP) is 0.798. The molecule has 0 aliphatic carbocycles. The molecule has 2 aliphatic rings. The molecule has 1 amide bonds. The van der Waals surface area contributed by atoms with Crippen LogP contribution >= 0.6 is 12.4 Å². The number of likely N-dealkylation sites (tertiary alicyclic amines) is 1. The number of ether oxygens (including phenoxy) is 1. The summed E-state index contributed by atoms with van der Waals surface area (Å²) >= 11 is 0. The first-order chi connectivity index (χ1) is 7.11. The number of amides is 1. The lowest BCUT2D eigenvalue weighted by Crippen LogP contribution is -2.53. The van der Waals surface area contributed by atoms with Gasteiger partial charge in [-0.05, 0) is 26.7 Å². The van der Waals surface area contributed by atoms with Gasteiger partial charge in [-0.1, -0.05) is 0 Å². The van der Waals surface area contributed by atoms with Crippen LogP contribution in [-0.4, -0.2) is 48.7 Å². The zero-order chi connectivity index (χ0) is 10.9. The van der Waals surface area contributed by atoms with E-state index in [1.807, 2.05) is 4.90 Å². The van der Waals surface area contributed by atoms with Gasteiger partial charge in [0.25, 0.3) is 5.91 Å². The molecule has 0 bridgehead atoms. The van der Waals surface area contributed by atoms with Crippen molar-refractivity contribution in [2.24, 2.45) is 0 Å². The molecule has 2 fully saturated rings. The summed E-state index contributed by atoms with van der Waals surface area (Å²) in [5.74, 6) is 0.157. The molecule has 0 aromatic rings. The van der Waals surface area contributed by atoms with Gasteiger partial charge in [-0.3, -0.25) is 4.79 Å². The van der Waals surface area contributed by atoms with Crippen LogP contribution in [0.5, 0.6) is 0 Å². The van der Waals surface area contributed by atoms with Gasteiger partial charge in [-0.2, -0.15) is 0 Å². The Kier molecular flexibility index (Phi) is 4.59. The number of nitrogens with zero attached hydrogens (tertiary/aromatic N) is 1. The fourth-order valence-corrected chi connectivity index (χ4v) is 2.41. The van der Waals surface area contributed by atoms with E-state index >= 15 is 0 Å². The summed E-state index contributed by atoms with van der Waals surface area (Å²) in [6, 6.07) is 0. The molecule has 1 N–H and O–H groups in total. The minimum absolute atomic E-state index is 0. The lowest BCUT2D eigenvalue weighted by molar-refractivity contribution is -0.148. The third-order valence-electron chi connectivity index (χ3n) is 3.37. The van der Waals surface area contributed by atoms with E-state index in [2.05, 4.69) is 19.2 Å². The first-order valence-corrected chi connectivity index (χ1v) is 5.75. The molecular weight excluding hydrogens is 228 g/mol. The van der Waals surface area contributed by atoms with Crippen LogP contribution in [0.25, 0.3) is 0 Å². The van der Waals surface area contributed by atoms with Crippen LogP contribution in [-0.2, 0) is 9.53 Å². The third kappa shape index (κ3) is 2.67. The summed E-state index contributed by atoms with van der Waals surface area (Å²) in [6.45, 7) is 7.30. The van der Waals surface area contributed by atoms with Gasteiger partial charge in [-0.25, -0.2) is 0 Å². The lowest BCUT2D eigenvalue weighted by atomic mass is 10.0. The number of carbonyl (C=O) groups is 1. The molecule has 1 unspecified atom stereocenters. The topological polar surface area (TPSA) is 41.6 Å². The summed E-state index contributed by atoms with van der Waals surface area (Å²) in [7, 11) is 0. The van der Waals surface area contributed by atoms with E-state index in [-0.39, 0.29) is 30.0 Å². The second kappa shape index (κ2) is 5.34. The normalized spacial score (nSPS) is 28.6. The maximum atomic E-state index is 12.2. The van der Waals surface area contributed by atoms with Gasteiger partial charge < -0.3 is 15.0 Å². The van der Waals surface area contributed by atoms with Gasteiger partial charge in [0.05, 0.1) is 6.61 Å². The van der Waals surface area contributed by atoms with Gasteiger partial charge in [0.15, 0.2) is 0 Å². The summed E-state index contributed by atoms with van der Waals surface area (Å²) in [4.78, 5) is 14.2. The Morgan fingerprint density at radius 1 is 1.50 bits per heavy atom. The van der Waals surface area contributed by atoms with Gasteiger partial charge in [-0.15, -0.1) is 12.4 Å². The van der Waals surface area contributed by atoms with E-state index in [0.29, 0.717) is 13.2 Å². The van der Waals surface area contributed by atoms with Crippen molar-refractivity contribution in [1.29, 1.82) is 0 Å². The van der Waals surface area contributed by atoms with Crippen molar-refractivity contribution < 1.29 is 9.53 Å². The van der Waals surface area contributed by atoms with E-state index in [9.17, 15) is 4.79 Å². The molecule has 2 saturated heterocycles. The van der Waals surface area contributed by atoms with Crippen LogP contribution in [0.1, 0.15) is 26.7 Å². The fourth-order valence-electron chi connectivity index (χ4n) is 2.41. The number of hydrogen-bond acceptors (Lipinski definition) is 3. The number of carbonyl (C=O) groups excluding carboxylic acids is 1. The van der Waals surface area contributed by atoms with E-state index in [1.54, 1.807) is 0 Å². The van der Waals surface area contributed by atoms with Crippen molar-refractivity contribution >= 4 is 18.3 Å². The van der Waals surface area contributed by atoms with E-state index in [0.717, 1.165) is 25.9 Å². The quantitative estimate of drug-likeness (QED) is 0.746. The molecule has 94 valence electrons. The molecule has 2 aliphatic heterocycles. The second-order valence-corrected chi connectivity index (χ2v) is 4.97. The Bertz CT molecular complexity index is 252. The number of rotatable bonds is 1. The Labute approximate surface area is 103 Å². The van der Waals surface area contributed by atoms with Crippen LogP contribution in [0.2, 0.25) is 0 Å². The first-order valence-electron chi connectivity index (χ1n) is 5.75. The summed E-state index contributed by atoms with van der Waals surface area (Å²) < 4.78 is 5.49. The van der Waals surface area contributed by atoms with Crippen molar-refractivity contribution in [2.45, 2.75) is 38.3 Å². The van der Waals surface area contributed by atoms with Gasteiger partial charge in [0, 0.05) is 25.2 Å². The molecule has 0 aromatic heterocycles. The maximum absolute atomic E-state index is 12.2.